The van der Waals surface area contributed by atoms with E-state index in [2.05, 4.69) is 17.2 Å². The Morgan fingerprint density at radius 3 is 2.69 bits per heavy atom. The Hall–Kier alpha value is -3.46. The Morgan fingerprint density at radius 2 is 2.00 bits per heavy atom. The van der Waals surface area contributed by atoms with Gasteiger partial charge in [-0.1, -0.05) is 54.1 Å². The molecular formula is C29H26Cl2FN3O4. The van der Waals surface area contributed by atoms with Crippen LogP contribution >= 0.6 is 23.2 Å². The van der Waals surface area contributed by atoms with Gasteiger partial charge in [-0.25, -0.2) is 9.18 Å². The van der Waals surface area contributed by atoms with Crippen molar-refractivity contribution >= 4 is 46.7 Å². The van der Waals surface area contributed by atoms with Crippen molar-refractivity contribution in [3.63, 3.8) is 0 Å². The molecule has 39 heavy (non-hydrogen) atoms. The first-order chi connectivity index (χ1) is 18.6. The fraction of sp³-hybridized carbons (Fsp3) is 0.276. The van der Waals surface area contributed by atoms with Gasteiger partial charge in [0.1, 0.15) is 11.4 Å². The number of halogens is 3. The molecule has 1 spiro atoms. The van der Waals surface area contributed by atoms with Crippen molar-refractivity contribution in [2.24, 2.45) is 11.8 Å². The quantitative estimate of drug-likeness (QED) is 0.374. The molecule has 2 aromatic rings. The lowest BCUT2D eigenvalue weighted by Gasteiger charge is -2.36. The highest BCUT2D eigenvalue weighted by molar-refractivity contribution is 6.31. The molecule has 0 saturated carbocycles. The molecule has 2 saturated heterocycles. The molecular weight excluding hydrogens is 544 g/mol. The zero-order valence-electron chi connectivity index (χ0n) is 21.0. The summed E-state index contributed by atoms with van der Waals surface area (Å²) in [6.45, 7) is 4.26. The van der Waals surface area contributed by atoms with Crippen molar-refractivity contribution in [2.75, 3.05) is 19.0 Å². The SMILES string of the molecule is C=C(Cl)/C=C\C=C(/F)[C@@H]1[C@H]2C(=O)N(Cc3ccc(C(=O)OC)cc3)CC[C@H]2N[C@@]12C(=O)Nc1cc(Cl)ccc12. The molecule has 0 unspecified atom stereocenters. The Labute approximate surface area is 235 Å². The van der Waals surface area contributed by atoms with Crippen LogP contribution in [0.25, 0.3) is 0 Å². The predicted octanol–water partition coefficient (Wildman–Crippen LogP) is 5.07. The first-order valence-corrected chi connectivity index (χ1v) is 13.1. The van der Waals surface area contributed by atoms with Crippen molar-refractivity contribution in [1.82, 2.24) is 10.2 Å². The van der Waals surface area contributed by atoms with Crippen LogP contribution in [0.2, 0.25) is 5.02 Å². The number of amides is 2. The normalized spacial score (nSPS) is 26.1. The van der Waals surface area contributed by atoms with Gasteiger partial charge in [-0.3, -0.25) is 14.9 Å². The number of methoxy groups -OCH3 is 1. The molecule has 0 aromatic heterocycles. The second-order valence-corrected chi connectivity index (χ2v) is 10.7. The van der Waals surface area contributed by atoms with E-state index in [9.17, 15) is 14.4 Å². The molecule has 0 aliphatic carbocycles. The number of piperidine rings is 1. The number of anilines is 1. The Balaban J connectivity index is 1.51. The average Bonchev–Trinajstić information content (AvgIpc) is 3.40. The van der Waals surface area contributed by atoms with E-state index in [1.54, 1.807) is 47.4 Å². The molecule has 10 heteroatoms. The van der Waals surface area contributed by atoms with Gasteiger partial charge in [0.25, 0.3) is 0 Å². The summed E-state index contributed by atoms with van der Waals surface area (Å²) in [6, 6.07) is 11.3. The molecule has 0 radical (unpaired) electrons. The number of hydrogen-bond donors (Lipinski definition) is 2. The van der Waals surface area contributed by atoms with Gasteiger partial charge in [0.15, 0.2) is 0 Å². The van der Waals surface area contributed by atoms with E-state index in [4.69, 9.17) is 27.9 Å². The lowest BCUT2D eigenvalue weighted by atomic mass is 9.73. The lowest BCUT2D eigenvalue weighted by Crippen LogP contribution is -2.50. The van der Waals surface area contributed by atoms with Crippen molar-refractivity contribution < 1.29 is 23.5 Å². The minimum Gasteiger partial charge on any atom is -0.465 e. The van der Waals surface area contributed by atoms with Crippen LogP contribution < -0.4 is 10.6 Å². The number of esters is 1. The van der Waals surface area contributed by atoms with E-state index >= 15 is 4.39 Å². The van der Waals surface area contributed by atoms with Crippen LogP contribution in [0.1, 0.15) is 27.9 Å². The zero-order valence-corrected chi connectivity index (χ0v) is 22.6. The van der Waals surface area contributed by atoms with Gasteiger partial charge < -0.3 is 15.0 Å². The number of benzene rings is 2. The lowest BCUT2D eigenvalue weighted by molar-refractivity contribution is -0.141. The van der Waals surface area contributed by atoms with Crippen LogP contribution in [0.4, 0.5) is 10.1 Å². The number of rotatable bonds is 6. The molecule has 7 nitrogen and oxygen atoms in total. The number of carbonyl (C=O) groups is 3. The standard InChI is InChI=1S/C29H26Cl2FN3O4/c1-16(30)4-3-5-21(32)25-24-22(34-29(25)20-11-10-19(31)14-23(20)33-28(29)38)12-13-35(26(24)36)15-17-6-8-18(9-7-17)27(37)39-2/h3-11,14,22,24-25,34H,1,12-13,15H2,2H3,(H,33,38)/b4-3-,21-5-/t22-,24+,25-,29-/m1/s1. The number of nitrogens with one attached hydrogen (secondary N) is 2. The zero-order chi connectivity index (χ0) is 27.9. The van der Waals surface area contributed by atoms with Gasteiger partial charge in [-0.2, -0.15) is 0 Å². The highest BCUT2D eigenvalue weighted by atomic mass is 35.5. The van der Waals surface area contributed by atoms with Crippen LogP contribution in [-0.2, 0) is 26.4 Å². The topological polar surface area (TPSA) is 87.7 Å². The van der Waals surface area contributed by atoms with Crippen molar-refractivity contribution in [1.29, 1.82) is 0 Å². The molecule has 3 heterocycles. The van der Waals surface area contributed by atoms with E-state index < -0.39 is 41.1 Å². The van der Waals surface area contributed by atoms with Gasteiger partial charge >= 0.3 is 5.97 Å². The monoisotopic (exact) mass is 569 g/mol. The molecule has 0 bridgehead atoms. The van der Waals surface area contributed by atoms with E-state index in [1.807, 2.05) is 0 Å². The van der Waals surface area contributed by atoms with Gasteiger partial charge in [0.2, 0.25) is 11.8 Å². The number of likely N-dealkylation sites (tertiary alicyclic amines) is 1. The summed E-state index contributed by atoms with van der Waals surface area (Å²) in [5.74, 6) is -3.73. The second kappa shape index (κ2) is 10.6. The van der Waals surface area contributed by atoms with Crippen LogP contribution in [0, 0.1) is 11.8 Å². The number of carbonyl (C=O) groups excluding carboxylic acids is 3. The van der Waals surface area contributed by atoms with E-state index in [0.717, 1.165) is 5.56 Å². The molecule has 5 rings (SSSR count). The van der Waals surface area contributed by atoms with E-state index in [0.29, 0.717) is 34.8 Å². The summed E-state index contributed by atoms with van der Waals surface area (Å²) < 4.78 is 20.9. The first-order valence-electron chi connectivity index (χ1n) is 12.4. The first kappa shape index (κ1) is 27.1. The largest absolute Gasteiger partial charge is 0.465 e. The maximum atomic E-state index is 16.1. The van der Waals surface area contributed by atoms with Crippen molar-refractivity contribution in [3.8, 4) is 0 Å². The molecule has 2 N–H and O–H groups in total. The van der Waals surface area contributed by atoms with Crippen LogP contribution in [0.15, 0.2) is 78.1 Å². The average molecular weight is 570 g/mol. The van der Waals surface area contributed by atoms with Gasteiger partial charge in [0, 0.05) is 40.4 Å². The fourth-order valence-electron chi connectivity index (χ4n) is 5.88. The Morgan fingerprint density at radius 1 is 1.26 bits per heavy atom. The predicted molar refractivity (Wildman–Crippen MR) is 147 cm³/mol. The van der Waals surface area contributed by atoms with Crippen molar-refractivity contribution in [3.05, 3.63) is 99.8 Å². The number of ether oxygens (including phenoxy) is 1. The third kappa shape index (κ3) is 4.77. The van der Waals surface area contributed by atoms with E-state index in [1.165, 1.54) is 25.3 Å². The third-order valence-corrected chi connectivity index (χ3v) is 7.93. The summed E-state index contributed by atoms with van der Waals surface area (Å²) in [5, 5.41) is 6.84. The van der Waals surface area contributed by atoms with Crippen LogP contribution in [0.5, 0.6) is 0 Å². The van der Waals surface area contributed by atoms with E-state index in [-0.39, 0.29) is 17.5 Å². The molecule has 4 atom stereocenters. The summed E-state index contributed by atoms with van der Waals surface area (Å²) in [7, 11) is 1.31. The van der Waals surface area contributed by atoms with Gasteiger partial charge in [0.05, 0.1) is 24.5 Å². The highest BCUT2D eigenvalue weighted by Crippen LogP contribution is 2.54. The Bertz CT molecular complexity index is 1420. The summed E-state index contributed by atoms with van der Waals surface area (Å²) >= 11 is 12.0. The van der Waals surface area contributed by atoms with Crippen LogP contribution in [-0.4, -0.2) is 42.4 Å². The maximum absolute atomic E-state index is 16.1. The van der Waals surface area contributed by atoms with Gasteiger partial charge in [-0.05, 0) is 48.4 Å². The molecule has 2 fully saturated rings. The number of hydrogen-bond acceptors (Lipinski definition) is 5. The van der Waals surface area contributed by atoms with Gasteiger partial charge in [-0.15, -0.1) is 0 Å². The fourth-order valence-corrected chi connectivity index (χ4v) is 6.13. The minimum atomic E-state index is -1.49. The summed E-state index contributed by atoms with van der Waals surface area (Å²) in [6.07, 6.45) is 4.59. The third-order valence-electron chi connectivity index (χ3n) is 7.57. The Kier molecular flexibility index (Phi) is 7.37. The molecule has 202 valence electrons. The highest BCUT2D eigenvalue weighted by Gasteiger charge is 2.66. The summed E-state index contributed by atoms with van der Waals surface area (Å²) in [5.41, 5.74) is 0.749. The maximum Gasteiger partial charge on any atom is 0.337 e. The minimum absolute atomic E-state index is 0.216. The number of fused-ring (bicyclic) bond motifs is 3. The van der Waals surface area contributed by atoms with Crippen molar-refractivity contribution in [2.45, 2.75) is 24.5 Å². The molecule has 3 aliphatic rings. The molecule has 2 amide bonds. The molecule has 2 aromatic carbocycles. The summed E-state index contributed by atoms with van der Waals surface area (Å²) in [4.78, 5) is 41.0. The smallest absolute Gasteiger partial charge is 0.337 e. The number of nitrogens with zero attached hydrogens (tertiary/aromatic N) is 1. The van der Waals surface area contributed by atoms with Crippen LogP contribution in [0.3, 0.4) is 0 Å². The second-order valence-electron chi connectivity index (χ2n) is 9.80. The number of allylic oxidation sites excluding steroid dienone is 4. The molecule has 3 aliphatic heterocycles.